The molecule has 3 heteroatoms. The van der Waals surface area contributed by atoms with E-state index in [1.165, 1.54) is 31.0 Å². The molecule has 0 aliphatic carbocycles. The Morgan fingerprint density at radius 1 is 1.42 bits per heavy atom. The second kappa shape index (κ2) is 5.90. The molecule has 1 nitrogen and oxygen atoms in total. The number of alkyl halides is 1. The number of halogens is 1. The molecule has 0 N–H and O–H groups in total. The minimum Gasteiger partial charge on any atom is -0.299 e. The summed E-state index contributed by atoms with van der Waals surface area (Å²) in [6.45, 7) is 7.31. The van der Waals surface area contributed by atoms with Crippen LogP contribution in [0.3, 0.4) is 0 Å². The second-order valence-corrected chi connectivity index (χ2v) is 4.62. The fourth-order valence-corrected chi connectivity index (χ4v) is 2.32. The molecular weight excluding hydrogens is 190 g/mol. The third-order valence-corrected chi connectivity index (χ3v) is 3.38. The molecule has 0 aromatic heterocycles. The van der Waals surface area contributed by atoms with Crippen LogP contribution in [0, 0.1) is 0 Å². The van der Waals surface area contributed by atoms with Gasteiger partial charge < -0.3 is 0 Å². The highest BCUT2D eigenvalue weighted by Crippen LogP contribution is 2.11. The predicted octanol–water partition coefficient (Wildman–Crippen LogP) is 2.22. The van der Waals surface area contributed by atoms with Crippen molar-refractivity contribution in [3.63, 3.8) is 0 Å². The Bertz CT molecular complexity index is 141. The maximum absolute atomic E-state index is 5.68. The van der Waals surface area contributed by atoms with E-state index in [2.05, 4.69) is 11.5 Å². The van der Waals surface area contributed by atoms with E-state index in [1.54, 1.807) is 0 Å². The van der Waals surface area contributed by atoms with Crippen molar-refractivity contribution in [3.8, 4) is 0 Å². The summed E-state index contributed by atoms with van der Waals surface area (Å²) >= 11 is 7.73. The standard InChI is InChI=1S/C9H16ClNS/c1-9(7-10)8-11-3-2-5-12-6-4-11/h1-8H2. The first-order valence-electron chi connectivity index (χ1n) is 4.35. The minimum atomic E-state index is 0.601. The minimum absolute atomic E-state index is 0.601. The van der Waals surface area contributed by atoms with E-state index in [0.29, 0.717) is 5.88 Å². The van der Waals surface area contributed by atoms with Gasteiger partial charge in [0.25, 0.3) is 0 Å². The quantitative estimate of drug-likeness (QED) is 0.514. The van der Waals surface area contributed by atoms with Crippen LogP contribution >= 0.6 is 23.4 Å². The summed E-state index contributed by atoms with van der Waals surface area (Å²) in [4.78, 5) is 2.45. The van der Waals surface area contributed by atoms with Crippen molar-refractivity contribution in [2.75, 3.05) is 37.0 Å². The van der Waals surface area contributed by atoms with E-state index < -0.39 is 0 Å². The molecule has 70 valence electrons. The van der Waals surface area contributed by atoms with E-state index in [-0.39, 0.29) is 0 Å². The van der Waals surface area contributed by atoms with Gasteiger partial charge in [0.2, 0.25) is 0 Å². The summed E-state index contributed by atoms with van der Waals surface area (Å²) < 4.78 is 0. The summed E-state index contributed by atoms with van der Waals surface area (Å²) in [5.41, 5.74) is 1.14. The fourth-order valence-electron chi connectivity index (χ4n) is 1.31. The van der Waals surface area contributed by atoms with Gasteiger partial charge in [-0.25, -0.2) is 0 Å². The van der Waals surface area contributed by atoms with Crippen LogP contribution < -0.4 is 0 Å². The highest BCUT2D eigenvalue weighted by molar-refractivity contribution is 7.99. The zero-order valence-corrected chi connectivity index (χ0v) is 8.96. The predicted molar refractivity (Wildman–Crippen MR) is 58.2 cm³/mol. The Hall–Kier alpha value is 0.340. The molecule has 0 bridgehead atoms. The van der Waals surface area contributed by atoms with E-state index >= 15 is 0 Å². The number of nitrogens with zero attached hydrogens (tertiary/aromatic N) is 1. The SMILES string of the molecule is C=C(CCl)CN1CCCSCC1. The smallest absolute Gasteiger partial charge is 0.0443 e. The molecule has 0 amide bonds. The Morgan fingerprint density at radius 2 is 2.25 bits per heavy atom. The molecule has 0 unspecified atom stereocenters. The van der Waals surface area contributed by atoms with E-state index in [1.807, 2.05) is 11.8 Å². The van der Waals surface area contributed by atoms with Gasteiger partial charge in [0.05, 0.1) is 0 Å². The van der Waals surface area contributed by atoms with Crippen LogP contribution in [0.2, 0.25) is 0 Å². The van der Waals surface area contributed by atoms with Gasteiger partial charge in [-0.15, -0.1) is 11.6 Å². The Labute approximate surface area is 84.1 Å². The summed E-state index contributed by atoms with van der Waals surface area (Å²) in [5, 5.41) is 0. The first kappa shape index (κ1) is 10.4. The molecule has 1 aliphatic rings. The molecular formula is C9H16ClNS. The lowest BCUT2D eigenvalue weighted by Gasteiger charge is -2.19. The van der Waals surface area contributed by atoms with Crippen molar-refractivity contribution in [1.29, 1.82) is 0 Å². The normalized spacial score (nSPS) is 20.4. The van der Waals surface area contributed by atoms with Gasteiger partial charge >= 0.3 is 0 Å². The van der Waals surface area contributed by atoms with Gasteiger partial charge in [-0.2, -0.15) is 11.8 Å². The molecule has 0 atom stereocenters. The van der Waals surface area contributed by atoms with E-state index in [9.17, 15) is 0 Å². The van der Waals surface area contributed by atoms with Gasteiger partial charge in [0.15, 0.2) is 0 Å². The number of rotatable bonds is 3. The molecule has 1 fully saturated rings. The van der Waals surface area contributed by atoms with Gasteiger partial charge in [-0.3, -0.25) is 4.90 Å². The third-order valence-electron chi connectivity index (χ3n) is 1.95. The number of hydrogen-bond acceptors (Lipinski definition) is 2. The fraction of sp³-hybridized carbons (Fsp3) is 0.778. The summed E-state index contributed by atoms with van der Waals surface area (Å²) in [7, 11) is 0. The van der Waals surface area contributed by atoms with Gasteiger partial charge in [0.1, 0.15) is 0 Å². The maximum Gasteiger partial charge on any atom is 0.0443 e. The number of hydrogen-bond donors (Lipinski definition) is 0. The zero-order valence-electron chi connectivity index (χ0n) is 7.39. The van der Waals surface area contributed by atoms with E-state index in [0.717, 1.165) is 12.1 Å². The summed E-state index contributed by atoms with van der Waals surface area (Å²) in [6.07, 6.45) is 1.31. The molecule has 1 saturated heterocycles. The Kier molecular flexibility index (Phi) is 5.12. The summed E-state index contributed by atoms with van der Waals surface area (Å²) in [6, 6.07) is 0. The Morgan fingerprint density at radius 3 is 3.00 bits per heavy atom. The molecule has 1 heterocycles. The van der Waals surface area contributed by atoms with Crippen molar-refractivity contribution in [2.45, 2.75) is 6.42 Å². The molecule has 0 aromatic rings. The zero-order chi connectivity index (χ0) is 8.81. The average molecular weight is 206 g/mol. The highest BCUT2D eigenvalue weighted by atomic mass is 35.5. The first-order chi connectivity index (χ1) is 5.83. The maximum atomic E-state index is 5.68. The first-order valence-corrected chi connectivity index (χ1v) is 6.04. The van der Waals surface area contributed by atoms with Crippen molar-refractivity contribution in [1.82, 2.24) is 4.90 Å². The third kappa shape index (κ3) is 3.83. The van der Waals surface area contributed by atoms with Crippen LogP contribution in [0.5, 0.6) is 0 Å². The van der Waals surface area contributed by atoms with Crippen LogP contribution in [0.1, 0.15) is 6.42 Å². The topological polar surface area (TPSA) is 3.24 Å². The van der Waals surface area contributed by atoms with Crippen LogP contribution in [-0.2, 0) is 0 Å². The van der Waals surface area contributed by atoms with Crippen molar-refractivity contribution < 1.29 is 0 Å². The molecule has 0 spiro atoms. The van der Waals surface area contributed by atoms with Crippen molar-refractivity contribution in [3.05, 3.63) is 12.2 Å². The Balaban J connectivity index is 2.24. The van der Waals surface area contributed by atoms with Crippen molar-refractivity contribution in [2.24, 2.45) is 0 Å². The highest BCUT2D eigenvalue weighted by Gasteiger charge is 2.09. The second-order valence-electron chi connectivity index (χ2n) is 3.13. The molecule has 1 rings (SSSR count). The lowest BCUT2D eigenvalue weighted by molar-refractivity contribution is 0.321. The lowest BCUT2D eigenvalue weighted by Crippen LogP contribution is -2.28. The summed E-state index contributed by atoms with van der Waals surface area (Å²) in [5.74, 6) is 3.17. The van der Waals surface area contributed by atoms with Crippen LogP contribution in [0.25, 0.3) is 0 Å². The largest absolute Gasteiger partial charge is 0.299 e. The molecule has 0 radical (unpaired) electrons. The average Bonchev–Trinajstić information content (AvgIpc) is 2.33. The monoisotopic (exact) mass is 205 g/mol. The molecule has 1 aliphatic heterocycles. The molecule has 0 saturated carbocycles. The van der Waals surface area contributed by atoms with E-state index in [4.69, 9.17) is 11.6 Å². The van der Waals surface area contributed by atoms with Crippen LogP contribution in [0.4, 0.5) is 0 Å². The van der Waals surface area contributed by atoms with Crippen LogP contribution in [-0.4, -0.2) is 41.9 Å². The van der Waals surface area contributed by atoms with Gasteiger partial charge in [-0.1, -0.05) is 6.58 Å². The molecule has 12 heavy (non-hydrogen) atoms. The lowest BCUT2D eigenvalue weighted by atomic mass is 10.3. The van der Waals surface area contributed by atoms with Crippen molar-refractivity contribution >= 4 is 23.4 Å². The van der Waals surface area contributed by atoms with Gasteiger partial charge in [0, 0.05) is 24.7 Å². The van der Waals surface area contributed by atoms with Crippen LogP contribution in [0.15, 0.2) is 12.2 Å². The number of thioether (sulfide) groups is 1. The van der Waals surface area contributed by atoms with Gasteiger partial charge in [-0.05, 0) is 24.3 Å². The molecule has 0 aromatic carbocycles.